The van der Waals surface area contributed by atoms with E-state index in [1.54, 1.807) is 24.3 Å². The molecule has 1 unspecified atom stereocenters. The molecule has 0 aromatic carbocycles. The van der Waals surface area contributed by atoms with Gasteiger partial charge in [0.2, 0.25) is 0 Å². The van der Waals surface area contributed by atoms with Gasteiger partial charge in [0, 0.05) is 31.0 Å². The van der Waals surface area contributed by atoms with Crippen LogP contribution in [0, 0.1) is 0 Å². The standard InChI is InChI=1S/C20H23N3O4/c1-3-22(4-2)11-12-23-17(15-6-5-13-27-15)16(19(25)20(23)26)18(24)14-7-9-21-10-8-14/h5-10,13,17,24H,3-4,11-12H2,1-2H3/b18-16-. The number of ketones is 1. The first-order valence-corrected chi connectivity index (χ1v) is 9.03. The summed E-state index contributed by atoms with van der Waals surface area (Å²) in [5, 5.41) is 10.8. The molecule has 1 saturated heterocycles. The van der Waals surface area contributed by atoms with E-state index in [2.05, 4.69) is 9.88 Å². The van der Waals surface area contributed by atoms with Gasteiger partial charge in [-0.05, 0) is 37.4 Å². The number of nitrogens with zero attached hydrogens (tertiary/aromatic N) is 3. The molecule has 2 aromatic heterocycles. The number of furan rings is 1. The summed E-state index contributed by atoms with van der Waals surface area (Å²) in [4.78, 5) is 33.0. The van der Waals surface area contributed by atoms with E-state index in [9.17, 15) is 14.7 Å². The number of carbonyl (C=O) groups is 2. The van der Waals surface area contributed by atoms with Gasteiger partial charge in [-0.15, -0.1) is 0 Å². The third kappa shape index (κ3) is 3.64. The molecule has 1 aliphatic heterocycles. The molecule has 0 saturated carbocycles. The number of Topliss-reactive ketones (excluding diaryl/α,β-unsaturated/α-hetero) is 1. The van der Waals surface area contributed by atoms with E-state index in [0.717, 1.165) is 13.1 Å². The van der Waals surface area contributed by atoms with Crippen molar-refractivity contribution in [3.05, 3.63) is 59.8 Å². The van der Waals surface area contributed by atoms with Gasteiger partial charge in [0.25, 0.3) is 11.7 Å². The molecular formula is C20H23N3O4. The van der Waals surface area contributed by atoms with Crippen LogP contribution < -0.4 is 0 Å². The number of aromatic nitrogens is 1. The van der Waals surface area contributed by atoms with Crippen LogP contribution >= 0.6 is 0 Å². The minimum absolute atomic E-state index is 0.0423. The van der Waals surface area contributed by atoms with Crippen LogP contribution in [0.4, 0.5) is 0 Å². The van der Waals surface area contributed by atoms with Crippen molar-refractivity contribution in [3.8, 4) is 0 Å². The Morgan fingerprint density at radius 3 is 2.52 bits per heavy atom. The van der Waals surface area contributed by atoms with Crippen LogP contribution in [0.1, 0.15) is 31.2 Å². The Morgan fingerprint density at radius 2 is 1.93 bits per heavy atom. The van der Waals surface area contributed by atoms with Gasteiger partial charge in [0.1, 0.15) is 17.6 Å². The van der Waals surface area contributed by atoms with Gasteiger partial charge >= 0.3 is 0 Å². The average molecular weight is 369 g/mol. The minimum atomic E-state index is -0.747. The maximum absolute atomic E-state index is 12.7. The summed E-state index contributed by atoms with van der Waals surface area (Å²) in [5.41, 5.74) is 0.476. The van der Waals surface area contributed by atoms with Gasteiger partial charge < -0.3 is 19.3 Å². The van der Waals surface area contributed by atoms with Crippen LogP contribution in [-0.2, 0) is 9.59 Å². The van der Waals surface area contributed by atoms with E-state index < -0.39 is 17.7 Å². The highest BCUT2D eigenvalue weighted by Gasteiger charge is 2.47. The quantitative estimate of drug-likeness (QED) is 0.458. The lowest BCUT2D eigenvalue weighted by Crippen LogP contribution is -2.37. The Labute approximate surface area is 157 Å². The number of carbonyl (C=O) groups excluding carboxylic acids is 2. The molecule has 7 nitrogen and oxygen atoms in total. The molecule has 0 radical (unpaired) electrons. The zero-order chi connectivity index (χ0) is 19.4. The van der Waals surface area contributed by atoms with Crippen molar-refractivity contribution in [2.45, 2.75) is 19.9 Å². The van der Waals surface area contributed by atoms with Crippen molar-refractivity contribution in [1.82, 2.24) is 14.8 Å². The third-order valence-corrected chi connectivity index (χ3v) is 4.86. The van der Waals surface area contributed by atoms with E-state index in [1.807, 2.05) is 13.8 Å². The molecule has 142 valence electrons. The second-order valence-corrected chi connectivity index (χ2v) is 6.27. The molecule has 27 heavy (non-hydrogen) atoms. The normalized spacial score (nSPS) is 19.2. The summed E-state index contributed by atoms with van der Waals surface area (Å²) >= 11 is 0. The van der Waals surface area contributed by atoms with Crippen LogP contribution in [0.15, 0.2) is 52.9 Å². The fraction of sp³-hybridized carbons (Fsp3) is 0.350. The number of hydrogen-bond donors (Lipinski definition) is 1. The molecule has 1 N–H and O–H groups in total. The Kier molecular flexibility index (Phi) is 5.71. The summed E-state index contributed by atoms with van der Waals surface area (Å²) in [7, 11) is 0. The second-order valence-electron chi connectivity index (χ2n) is 6.27. The minimum Gasteiger partial charge on any atom is -0.507 e. The second kappa shape index (κ2) is 8.18. The topological polar surface area (TPSA) is 86.9 Å². The van der Waals surface area contributed by atoms with Crippen molar-refractivity contribution in [3.63, 3.8) is 0 Å². The van der Waals surface area contributed by atoms with Crippen LogP contribution in [0.25, 0.3) is 5.76 Å². The van der Waals surface area contributed by atoms with Crippen molar-refractivity contribution >= 4 is 17.4 Å². The molecule has 1 amide bonds. The lowest BCUT2D eigenvalue weighted by Gasteiger charge is -2.26. The number of pyridine rings is 1. The molecule has 3 rings (SSSR count). The van der Waals surface area contributed by atoms with Crippen molar-refractivity contribution in [1.29, 1.82) is 0 Å². The Morgan fingerprint density at radius 1 is 1.22 bits per heavy atom. The van der Waals surface area contributed by atoms with E-state index >= 15 is 0 Å². The first kappa shape index (κ1) is 18.8. The molecule has 3 heterocycles. The number of amides is 1. The Balaban J connectivity index is 2.02. The number of hydrogen-bond acceptors (Lipinski definition) is 6. The number of aliphatic hydroxyl groups excluding tert-OH is 1. The molecular weight excluding hydrogens is 346 g/mol. The Hall–Kier alpha value is -2.93. The van der Waals surface area contributed by atoms with Gasteiger partial charge in [-0.1, -0.05) is 13.8 Å². The summed E-state index contributed by atoms with van der Waals surface area (Å²) in [5.74, 6) is -1.10. The van der Waals surface area contributed by atoms with E-state index in [0.29, 0.717) is 24.4 Å². The number of likely N-dealkylation sites (tertiary alicyclic amines) is 1. The zero-order valence-corrected chi connectivity index (χ0v) is 15.5. The molecule has 0 aliphatic carbocycles. The lowest BCUT2D eigenvalue weighted by molar-refractivity contribution is -0.140. The maximum atomic E-state index is 12.7. The number of likely N-dealkylation sites (N-methyl/N-ethyl adjacent to an activating group) is 1. The van der Waals surface area contributed by atoms with Crippen LogP contribution in [0.2, 0.25) is 0 Å². The largest absolute Gasteiger partial charge is 0.507 e. The Bertz CT molecular complexity index is 826. The number of aliphatic hydroxyl groups is 1. The maximum Gasteiger partial charge on any atom is 0.295 e. The highest BCUT2D eigenvalue weighted by molar-refractivity contribution is 6.46. The fourth-order valence-electron chi connectivity index (χ4n) is 3.31. The van der Waals surface area contributed by atoms with E-state index in [-0.39, 0.29) is 11.3 Å². The predicted octanol–water partition coefficient (Wildman–Crippen LogP) is 2.44. The molecule has 1 aliphatic rings. The molecule has 1 fully saturated rings. The van der Waals surface area contributed by atoms with Crippen molar-refractivity contribution < 1.29 is 19.1 Å². The molecule has 1 atom stereocenters. The summed E-state index contributed by atoms with van der Waals surface area (Å²) in [6.45, 7) is 6.79. The highest BCUT2D eigenvalue weighted by atomic mass is 16.3. The third-order valence-electron chi connectivity index (χ3n) is 4.86. The van der Waals surface area contributed by atoms with Gasteiger partial charge in [-0.25, -0.2) is 0 Å². The SMILES string of the molecule is CCN(CC)CCN1C(=O)C(=O)/C(=C(\O)c2ccncc2)C1c1ccco1. The van der Waals surface area contributed by atoms with Gasteiger partial charge in [0.15, 0.2) is 0 Å². The van der Waals surface area contributed by atoms with Crippen LogP contribution in [0.3, 0.4) is 0 Å². The van der Waals surface area contributed by atoms with Crippen molar-refractivity contribution in [2.24, 2.45) is 0 Å². The lowest BCUT2D eigenvalue weighted by atomic mass is 10.00. The average Bonchev–Trinajstić information content (AvgIpc) is 3.31. The van der Waals surface area contributed by atoms with Gasteiger partial charge in [0.05, 0.1) is 11.8 Å². The fourth-order valence-corrected chi connectivity index (χ4v) is 3.31. The van der Waals surface area contributed by atoms with E-state index in [4.69, 9.17) is 4.42 Å². The summed E-state index contributed by atoms with van der Waals surface area (Å²) in [6, 6.07) is 5.85. The first-order valence-electron chi connectivity index (χ1n) is 9.03. The molecule has 2 aromatic rings. The molecule has 0 spiro atoms. The van der Waals surface area contributed by atoms with E-state index in [1.165, 1.54) is 23.6 Å². The first-order chi connectivity index (χ1) is 13.1. The molecule has 7 heteroatoms. The number of rotatable bonds is 7. The monoisotopic (exact) mass is 369 g/mol. The predicted molar refractivity (Wildman–Crippen MR) is 99.7 cm³/mol. The van der Waals surface area contributed by atoms with Gasteiger partial charge in [-0.2, -0.15) is 0 Å². The summed E-state index contributed by atoms with van der Waals surface area (Å²) < 4.78 is 5.50. The highest BCUT2D eigenvalue weighted by Crippen LogP contribution is 2.39. The van der Waals surface area contributed by atoms with Gasteiger partial charge in [-0.3, -0.25) is 14.6 Å². The van der Waals surface area contributed by atoms with Crippen LogP contribution in [-0.4, -0.2) is 57.8 Å². The molecule has 0 bridgehead atoms. The summed E-state index contributed by atoms with van der Waals surface area (Å²) in [6.07, 6.45) is 4.53. The van der Waals surface area contributed by atoms with Crippen LogP contribution in [0.5, 0.6) is 0 Å². The zero-order valence-electron chi connectivity index (χ0n) is 15.5. The smallest absolute Gasteiger partial charge is 0.295 e. The van der Waals surface area contributed by atoms with Crippen molar-refractivity contribution in [2.75, 3.05) is 26.2 Å².